The number of carbonyl (C=O) groups is 1. The fraction of sp³-hybridized carbons (Fsp3) is 0.385. The third-order valence-electron chi connectivity index (χ3n) is 2.88. The molecule has 0 atom stereocenters. The first-order valence-corrected chi connectivity index (χ1v) is 6.54. The van der Waals surface area contributed by atoms with Crippen molar-refractivity contribution in [2.45, 2.75) is 6.92 Å². The molecular formula is C13H18N6O2. The molecule has 8 heteroatoms. The maximum absolute atomic E-state index is 11.9. The van der Waals surface area contributed by atoms with Gasteiger partial charge in [0.2, 0.25) is 5.91 Å². The van der Waals surface area contributed by atoms with E-state index in [1.165, 1.54) is 11.0 Å². The topological polar surface area (TPSA) is 94.0 Å². The molecule has 0 aliphatic carbocycles. The van der Waals surface area contributed by atoms with Gasteiger partial charge in [-0.05, 0) is 35.0 Å². The molecule has 0 bridgehead atoms. The minimum absolute atomic E-state index is 0.108. The van der Waals surface area contributed by atoms with Crippen LogP contribution in [0.2, 0.25) is 0 Å². The normalized spacial score (nSPS) is 10.6. The second-order valence-electron chi connectivity index (χ2n) is 4.47. The first-order chi connectivity index (χ1) is 10.2. The summed E-state index contributed by atoms with van der Waals surface area (Å²) in [6.07, 6.45) is 1.50. The first-order valence-electron chi connectivity index (χ1n) is 6.54. The van der Waals surface area contributed by atoms with Crippen molar-refractivity contribution in [2.75, 3.05) is 32.1 Å². The average molecular weight is 290 g/mol. The van der Waals surface area contributed by atoms with Gasteiger partial charge in [-0.25, -0.2) is 4.68 Å². The monoisotopic (exact) mass is 290 g/mol. The van der Waals surface area contributed by atoms with Crippen LogP contribution >= 0.6 is 0 Å². The highest BCUT2D eigenvalue weighted by molar-refractivity contribution is 5.93. The smallest absolute Gasteiger partial charge is 0.238 e. The summed E-state index contributed by atoms with van der Waals surface area (Å²) >= 11 is 0. The molecule has 2 rings (SSSR count). The van der Waals surface area contributed by atoms with Crippen molar-refractivity contribution in [3.63, 3.8) is 0 Å². The van der Waals surface area contributed by atoms with E-state index in [1.807, 2.05) is 25.1 Å². The van der Waals surface area contributed by atoms with Crippen molar-refractivity contribution in [3.05, 3.63) is 30.1 Å². The Hall–Kier alpha value is -2.32. The van der Waals surface area contributed by atoms with Gasteiger partial charge in [0, 0.05) is 19.3 Å². The molecule has 0 fully saturated rings. The Morgan fingerprint density at radius 1 is 1.43 bits per heavy atom. The Balaban J connectivity index is 1.99. The molecule has 0 radical (unpaired) electrons. The number of hydrogen-bond acceptors (Lipinski definition) is 6. The van der Waals surface area contributed by atoms with Gasteiger partial charge in [0.25, 0.3) is 0 Å². The number of aromatic nitrogens is 4. The molecular weight excluding hydrogens is 272 g/mol. The molecule has 1 aromatic heterocycles. The number of aryl methyl sites for hydroxylation is 1. The third kappa shape index (κ3) is 4.33. The number of anilines is 1. The van der Waals surface area contributed by atoms with Crippen molar-refractivity contribution >= 4 is 11.6 Å². The van der Waals surface area contributed by atoms with Crippen LogP contribution in [0.1, 0.15) is 5.56 Å². The Labute approximate surface area is 122 Å². The lowest BCUT2D eigenvalue weighted by Gasteiger charge is -2.10. The number of amides is 1. The standard InChI is InChI=1S/C13H18N6O2/c1-10-3-4-11(19-9-15-17-18-19)7-12(10)16-13(20)8-14-5-6-21-2/h3-4,7,9,14H,5-6,8H2,1-2H3,(H,16,20). The maximum Gasteiger partial charge on any atom is 0.238 e. The summed E-state index contributed by atoms with van der Waals surface area (Å²) in [6, 6.07) is 5.63. The molecule has 1 heterocycles. The van der Waals surface area contributed by atoms with E-state index in [4.69, 9.17) is 4.74 Å². The van der Waals surface area contributed by atoms with Crippen LogP contribution < -0.4 is 10.6 Å². The molecule has 0 saturated heterocycles. The lowest BCUT2D eigenvalue weighted by atomic mass is 10.2. The van der Waals surface area contributed by atoms with Crippen LogP contribution in [-0.2, 0) is 9.53 Å². The van der Waals surface area contributed by atoms with Gasteiger partial charge in [0.15, 0.2) is 0 Å². The molecule has 0 spiro atoms. The van der Waals surface area contributed by atoms with Crippen LogP contribution in [0.15, 0.2) is 24.5 Å². The summed E-state index contributed by atoms with van der Waals surface area (Å²) < 4.78 is 6.44. The van der Waals surface area contributed by atoms with Gasteiger partial charge in [0.05, 0.1) is 18.8 Å². The SMILES string of the molecule is COCCNCC(=O)Nc1cc(-n2cnnn2)ccc1C. The zero-order valence-electron chi connectivity index (χ0n) is 12.0. The quantitative estimate of drug-likeness (QED) is 0.705. The number of carbonyl (C=O) groups excluding carboxylic acids is 1. The fourth-order valence-corrected chi connectivity index (χ4v) is 1.74. The van der Waals surface area contributed by atoms with Gasteiger partial charge in [-0.2, -0.15) is 0 Å². The van der Waals surface area contributed by atoms with Crippen LogP contribution in [-0.4, -0.2) is 52.9 Å². The fourth-order valence-electron chi connectivity index (χ4n) is 1.74. The van der Waals surface area contributed by atoms with E-state index in [1.54, 1.807) is 7.11 Å². The maximum atomic E-state index is 11.9. The molecule has 21 heavy (non-hydrogen) atoms. The van der Waals surface area contributed by atoms with Gasteiger partial charge in [-0.3, -0.25) is 4.79 Å². The van der Waals surface area contributed by atoms with Crippen molar-refractivity contribution in [1.29, 1.82) is 0 Å². The van der Waals surface area contributed by atoms with E-state index < -0.39 is 0 Å². The molecule has 112 valence electrons. The molecule has 1 amide bonds. The lowest BCUT2D eigenvalue weighted by Crippen LogP contribution is -2.30. The minimum Gasteiger partial charge on any atom is -0.383 e. The Morgan fingerprint density at radius 2 is 2.29 bits per heavy atom. The van der Waals surface area contributed by atoms with Gasteiger partial charge < -0.3 is 15.4 Å². The highest BCUT2D eigenvalue weighted by Crippen LogP contribution is 2.18. The molecule has 0 saturated carbocycles. The Bertz CT molecular complexity index is 584. The van der Waals surface area contributed by atoms with E-state index in [2.05, 4.69) is 26.2 Å². The van der Waals surface area contributed by atoms with E-state index in [0.717, 1.165) is 16.9 Å². The van der Waals surface area contributed by atoms with E-state index >= 15 is 0 Å². The third-order valence-corrected chi connectivity index (χ3v) is 2.88. The molecule has 0 aliphatic heterocycles. The van der Waals surface area contributed by atoms with Crippen LogP contribution in [0.25, 0.3) is 5.69 Å². The minimum atomic E-state index is -0.108. The second-order valence-corrected chi connectivity index (χ2v) is 4.47. The largest absolute Gasteiger partial charge is 0.383 e. The molecule has 0 unspecified atom stereocenters. The van der Waals surface area contributed by atoms with Crippen LogP contribution in [0.5, 0.6) is 0 Å². The van der Waals surface area contributed by atoms with Crippen LogP contribution in [0.4, 0.5) is 5.69 Å². The molecule has 8 nitrogen and oxygen atoms in total. The Kier molecular flexibility index (Phi) is 5.35. The summed E-state index contributed by atoms with van der Waals surface area (Å²) in [4.78, 5) is 11.9. The van der Waals surface area contributed by atoms with E-state index in [-0.39, 0.29) is 12.5 Å². The summed E-state index contributed by atoms with van der Waals surface area (Å²) in [5.41, 5.74) is 2.49. The van der Waals surface area contributed by atoms with Crippen molar-refractivity contribution in [3.8, 4) is 5.69 Å². The van der Waals surface area contributed by atoms with Gasteiger partial charge in [-0.1, -0.05) is 6.07 Å². The molecule has 0 aliphatic rings. The van der Waals surface area contributed by atoms with Gasteiger partial charge in [0.1, 0.15) is 6.33 Å². The van der Waals surface area contributed by atoms with Crippen LogP contribution in [0.3, 0.4) is 0 Å². The predicted octanol–water partition coefficient (Wildman–Crippen LogP) is 0.145. The zero-order chi connectivity index (χ0) is 15.1. The van der Waals surface area contributed by atoms with E-state index in [9.17, 15) is 4.79 Å². The number of tetrazole rings is 1. The zero-order valence-corrected chi connectivity index (χ0v) is 12.0. The van der Waals surface area contributed by atoms with Crippen molar-refractivity contribution in [1.82, 2.24) is 25.5 Å². The van der Waals surface area contributed by atoms with Gasteiger partial charge in [-0.15, -0.1) is 5.10 Å². The highest BCUT2D eigenvalue weighted by Gasteiger charge is 2.07. The summed E-state index contributed by atoms with van der Waals surface area (Å²) in [5, 5.41) is 16.9. The summed E-state index contributed by atoms with van der Waals surface area (Å²) in [6.45, 7) is 3.36. The molecule has 2 N–H and O–H groups in total. The first kappa shape index (κ1) is 15.1. The lowest BCUT2D eigenvalue weighted by molar-refractivity contribution is -0.115. The van der Waals surface area contributed by atoms with Gasteiger partial charge >= 0.3 is 0 Å². The number of nitrogens with zero attached hydrogens (tertiary/aromatic N) is 4. The number of nitrogens with one attached hydrogen (secondary N) is 2. The highest BCUT2D eigenvalue weighted by atomic mass is 16.5. The van der Waals surface area contributed by atoms with Crippen molar-refractivity contribution < 1.29 is 9.53 Å². The summed E-state index contributed by atoms with van der Waals surface area (Å²) in [5.74, 6) is -0.108. The average Bonchev–Trinajstić information content (AvgIpc) is 3.00. The van der Waals surface area contributed by atoms with E-state index in [0.29, 0.717) is 13.2 Å². The number of rotatable bonds is 7. The second kappa shape index (κ2) is 7.46. The molecule has 2 aromatic rings. The Morgan fingerprint density at radius 3 is 3.00 bits per heavy atom. The number of ether oxygens (including phenoxy) is 1. The molecule has 1 aromatic carbocycles. The van der Waals surface area contributed by atoms with Crippen LogP contribution in [0, 0.1) is 6.92 Å². The predicted molar refractivity (Wildman–Crippen MR) is 77.3 cm³/mol. The number of hydrogen-bond donors (Lipinski definition) is 2. The number of benzene rings is 1. The summed E-state index contributed by atoms with van der Waals surface area (Å²) in [7, 11) is 1.62. The van der Waals surface area contributed by atoms with Crippen molar-refractivity contribution in [2.24, 2.45) is 0 Å². The number of methoxy groups -OCH3 is 1.